The molecular formula is C14H20N2O3S. The molecule has 1 saturated carbocycles. The number of hydrogen-bond donors (Lipinski definition) is 3. The second-order valence-electron chi connectivity index (χ2n) is 5.31. The zero-order chi connectivity index (χ0) is 14.6. The van der Waals surface area contributed by atoms with Gasteiger partial charge in [-0.05, 0) is 30.7 Å². The highest BCUT2D eigenvalue weighted by Gasteiger charge is 2.38. The standard InChI is InChI=1S/C14H20N2O3S/c1-10(18)15-11(12-4-2-7-20-12)8-13(19)16-14(9-17)5-3-6-14/h2,4,7,11,17H,3,5-6,8-9H2,1H3,(H,15,18)(H,16,19). The molecule has 20 heavy (non-hydrogen) atoms. The minimum atomic E-state index is -0.437. The predicted molar refractivity (Wildman–Crippen MR) is 77.3 cm³/mol. The molecule has 2 rings (SSSR count). The van der Waals surface area contributed by atoms with E-state index in [1.165, 1.54) is 18.3 Å². The molecule has 1 aromatic rings. The summed E-state index contributed by atoms with van der Waals surface area (Å²) in [7, 11) is 0. The minimum Gasteiger partial charge on any atom is -0.394 e. The van der Waals surface area contributed by atoms with Crippen molar-refractivity contribution >= 4 is 23.2 Å². The molecule has 1 aliphatic carbocycles. The predicted octanol–water partition coefficient (Wildman–Crippen LogP) is 1.35. The minimum absolute atomic E-state index is 0.0253. The van der Waals surface area contributed by atoms with Gasteiger partial charge in [-0.1, -0.05) is 6.07 Å². The van der Waals surface area contributed by atoms with E-state index < -0.39 is 5.54 Å². The first-order chi connectivity index (χ1) is 9.54. The number of hydrogen-bond acceptors (Lipinski definition) is 4. The Balaban J connectivity index is 1.97. The molecule has 1 heterocycles. The van der Waals surface area contributed by atoms with Crippen LogP contribution in [0.1, 0.15) is 43.5 Å². The van der Waals surface area contributed by atoms with Crippen molar-refractivity contribution in [3.8, 4) is 0 Å². The Morgan fingerprint density at radius 2 is 2.25 bits per heavy atom. The summed E-state index contributed by atoms with van der Waals surface area (Å²) in [6, 6.07) is 3.50. The average Bonchev–Trinajstić information content (AvgIpc) is 2.86. The summed E-state index contributed by atoms with van der Waals surface area (Å²) in [5.41, 5.74) is -0.437. The summed E-state index contributed by atoms with van der Waals surface area (Å²) in [6.07, 6.45) is 2.86. The summed E-state index contributed by atoms with van der Waals surface area (Å²) < 4.78 is 0. The first-order valence-corrected chi connectivity index (χ1v) is 7.65. The van der Waals surface area contributed by atoms with Crippen molar-refractivity contribution in [2.45, 2.75) is 44.2 Å². The van der Waals surface area contributed by atoms with Crippen molar-refractivity contribution in [2.24, 2.45) is 0 Å². The fourth-order valence-electron chi connectivity index (χ4n) is 2.42. The molecule has 0 radical (unpaired) electrons. The maximum Gasteiger partial charge on any atom is 0.222 e. The van der Waals surface area contributed by atoms with Gasteiger partial charge >= 0.3 is 0 Å². The zero-order valence-electron chi connectivity index (χ0n) is 11.5. The molecule has 1 atom stereocenters. The van der Waals surface area contributed by atoms with Gasteiger partial charge in [0.1, 0.15) is 0 Å². The van der Waals surface area contributed by atoms with Crippen LogP contribution in [0.3, 0.4) is 0 Å². The topological polar surface area (TPSA) is 78.4 Å². The highest BCUT2D eigenvalue weighted by Crippen LogP contribution is 2.31. The maximum absolute atomic E-state index is 12.1. The monoisotopic (exact) mass is 296 g/mol. The van der Waals surface area contributed by atoms with E-state index in [4.69, 9.17) is 0 Å². The van der Waals surface area contributed by atoms with E-state index in [-0.39, 0.29) is 30.9 Å². The third-order valence-corrected chi connectivity index (χ3v) is 4.66. The van der Waals surface area contributed by atoms with E-state index in [9.17, 15) is 14.7 Å². The molecule has 110 valence electrons. The molecule has 0 saturated heterocycles. The lowest BCUT2D eigenvalue weighted by Crippen LogP contribution is -2.56. The Labute approximate surface area is 122 Å². The van der Waals surface area contributed by atoms with Gasteiger partial charge in [-0.25, -0.2) is 0 Å². The summed E-state index contributed by atoms with van der Waals surface area (Å²) >= 11 is 1.51. The molecule has 1 fully saturated rings. The Bertz CT molecular complexity index is 463. The van der Waals surface area contributed by atoms with Crippen molar-refractivity contribution in [3.05, 3.63) is 22.4 Å². The molecular weight excluding hydrogens is 276 g/mol. The summed E-state index contributed by atoms with van der Waals surface area (Å²) in [4.78, 5) is 24.4. The van der Waals surface area contributed by atoms with E-state index in [0.717, 1.165) is 24.1 Å². The van der Waals surface area contributed by atoms with Gasteiger partial charge in [-0.15, -0.1) is 11.3 Å². The van der Waals surface area contributed by atoms with Crippen molar-refractivity contribution in [3.63, 3.8) is 0 Å². The maximum atomic E-state index is 12.1. The van der Waals surface area contributed by atoms with Gasteiger partial charge in [0, 0.05) is 11.8 Å². The quantitative estimate of drug-likeness (QED) is 0.741. The molecule has 5 nitrogen and oxygen atoms in total. The van der Waals surface area contributed by atoms with Crippen molar-refractivity contribution < 1.29 is 14.7 Å². The highest BCUT2D eigenvalue weighted by atomic mass is 32.1. The van der Waals surface area contributed by atoms with Crippen LogP contribution >= 0.6 is 11.3 Å². The van der Waals surface area contributed by atoms with Crippen LogP contribution in [-0.4, -0.2) is 29.1 Å². The van der Waals surface area contributed by atoms with Crippen molar-refractivity contribution in [2.75, 3.05) is 6.61 Å². The summed E-state index contributed by atoms with van der Waals surface area (Å²) in [5, 5.41) is 17.0. The van der Waals surface area contributed by atoms with Gasteiger partial charge in [-0.2, -0.15) is 0 Å². The molecule has 1 aromatic heterocycles. The number of aliphatic hydroxyl groups excluding tert-OH is 1. The van der Waals surface area contributed by atoms with Gasteiger partial charge < -0.3 is 15.7 Å². The molecule has 1 aliphatic rings. The molecule has 0 spiro atoms. The highest BCUT2D eigenvalue weighted by molar-refractivity contribution is 7.10. The third kappa shape index (κ3) is 3.58. The molecule has 0 bridgehead atoms. The van der Waals surface area contributed by atoms with E-state index in [1.807, 2.05) is 17.5 Å². The second kappa shape index (κ2) is 6.37. The lowest BCUT2D eigenvalue weighted by Gasteiger charge is -2.41. The Morgan fingerprint density at radius 3 is 2.70 bits per heavy atom. The fraction of sp³-hybridized carbons (Fsp3) is 0.571. The number of carbonyl (C=O) groups excluding carboxylic acids is 2. The Kier molecular flexibility index (Phi) is 4.77. The summed E-state index contributed by atoms with van der Waals surface area (Å²) in [6.45, 7) is 1.42. The number of carbonyl (C=O) groups is 2. The molecule has 6 heteroatoms. The molecule has 3 N–H and O–H groups in total. The van der Waals surface area contributed by atoms with Crippen LogP contribution in [0.4, 0.5) is 0 Å². The van der Waals surface area contributed by atoms with Crippen LogP contribution in [0.5, 0.6) is 0 Å². The van der Waals surface area contributed by atoms with Gasteiger partial charge in [-0.3, -0.25) is 9.59 Å². The normalized spacial score (nSPS) is 17.9. The van der Waals surface area contributed by atoms with Crippen molar-refractivity contribution in [1.29, 1.82) is 0 Å². The smallest absolute Gasteiger partial charge is 0.222 e. The molecule has 2 amide bonds. The van der Waals surface area contributed by atoms with Crippen LogP contribution in [0, 0.1) is 0 Å². The molecule has 0 aliphatic heterocycles. The number of aliphatic hydroxyl groups is 1. The van der Waals surface area contributed by atoms with E-state index in [1.54, 1.807) is 0 Å². The van der Waals surface area contributed by atoms with Crippen LogP contribution in [0.25, 0.3) is 0 Å². The lowest BCUT2D eigenvalue weighted by atomic mass is 9.77. The van der Waals surface area contributed by atoms with E-state index in [0.29, 0.717) is 0 Å². The first kappa shape index (κ1) is 15.0. The SMILES string of the molecule is CC(=O)NC(CC(=O)NC1(CO)CCC1)c1cccs1. The van der Waals surface area contributed by atoms with Crippen molar-refractivity contribution in [1.82, 2.24) is 10.6 Å². The van der Waals surface area contributed by atoms with Crippen LogP contribution < -0.4 is 10.6 Å². The number of amides is 2. The zero-order valence-corrected chi connectivity index (χ0v) is 12.3. The van der Waals surface area contributed by atoms with Crippen LogP contribution in [0.2, 0.25) is 0 Å². The number of nitrogens with one attached hydrogen (secondary N) is 2. The molecule has 1 unspecified atom stereocenters. The largest absolute Gasteiger partial charge is 0.394 e. The van der Waals surface area contributed by atoms with E-state index in [2.05, 4.69) is 10.6 Å². The number of rotatable bonds is 6. The van der Waals surface area contributed by atoms with Gasteiger partial charge in [0.25, 0.3) is 0 Å². The first-order valence-electron chi connectivity index (χ1n) is 6.77. The Morgan fingerprint density at radius 1 is 1.50 bits per heavy atom. The Hall–Kier alpha value is -1.40. The number of thiophene rings is 1. The van der Waals surface area contributed by atoms with E-state index >= 15 is 0 Å². The van der Waals surface area contributed by atoms with Crippen LogP contribution in [-0.2, 0) is 9.59 Å². The average molecular weight is 296 g/mol. The van der Waals surface area contributed by atoms with Crippen LogP contribution in [0.15, 0.2) is 17.5 Å². The lowest BCUT2D eigenvalue weighted by molar-refractivity contribution is -0.126. The fourth-order valence-corrected chi connectivity index (χ4v) is 3.19. The van der Waals surface area contributed by atoms with Gasteiger partial charge in [0.2, 0.25) is 11.8 Å². The summed E-state index contributed by atoms with van der Waals surface area (Å²) in [5.74, 6) is -0.289. The van der Waals surface area contributed by atoms with Gasteiger partial charge in [0.05, 0.1) is 24.6 Å². The molecule has 0 aromatic carbocycles. The third-order valence-electron chi connectivity index (χ3n) is 3.67. The van der Waals surface area contributed by atoms with Gasteiger partial charge in [0.15, 0.2) is 0 Å². The second-order valence-corrected chi connectivity index (χ2v) is 6.29.